The molecule has 2 aromatic rings. The van der Waals surface area contributed by atoms with Crippen LogP contribution in [-0.4, -0.2) is 78.0 Å². The molecule has 8 nitrogen and oxygen atoms in total. The van der Waals surface area contributed by atoms with Crippen molar-refractivity contribution in [2.24, 2.45) is 5.92 Å². The molecule has 4 rings (SSSR count). The van der Waals surface area contributed by atoms with Crippen molar-refractivity contribution in [2.45, 2.75) is 19.4 Å². The van der Waals surface area contributed by atoms with Gasteiger partial charge >= 0.3 is 0 Å². The molecule has 1 aromatic carbocycles. The van der Waals surface area contributed by atoms with Crippen LogP contribution in [0.3, 0.4) is 0 Å². The van der Waals surface area contributed by atoms with E-state index in [0.29, 0.717) is 30.0 Å². The maximum absolute atomic E-state index is 12.5. The molecule has 160 valence electrons. The van der Waals surface area contributed by atoms with Crippen molar-refractivity contribution in [3.05, 3.63) is 35.5 Å². The number of amides is 1. The first-order valence-corrected chi connectivity index (χ1v) is 10.8. The summed E-state index contributed by atoms with van der Waals surface area (Å²) >= 11 is 5.97. The van der Waals surface area contributed by atoms with Gasteiger partial charge in [0.15, 0.2) is 0 Å². The third kappa shape index (κ3) is 5.24. The zero-order chi connectivity index (χ0) is 20.9. The molecule has 2 aliphatic rings. The van der Waals surface area contributed by atoms with Gasteiger partial charge in [0.1, 0.15) is 0 Å². The highest BCUT2D eigenvalue weighted by Gasteiger charge is 2.26. The number of benzene rings is 1. The number of anilines is 1. The Morgan fingerprint density at radius 2 is 2.00 bits per heavy atom. The maximum atomic E-state index is 12.5. The Balaban J connectivity index is 1.29. The van der Waals surface area contributed by atoms with Crippen LogP contribution >= 0.6 is 11.6 Å². The van der Waals surface area contributed by atoms with Crippen molar-refractivity contribution >= 4 is 23.5 Å². The first-order chi connectivity index (χ1) is 14.6. The fourth-order valence-electron chi connectivity index (χ4n) is 3.84. The third-order valence-electron chi connectivity index (χ3n) is 5.70. The van der Waals surface area contributed by atoms with Crippen LogP contribution in [0.5, 0.6) is 0 Å². The minimum Gasteiger partial charge on any atom is -0.381 e. The Bertz CT molecular complexity index is 857. The highest BCUT2D eigenvalue weighted by atomic mass is 35.5. The Kier molecular flexibility index (Phi) is 6.76. The van der Waals surface area contributed by atoms with Gasteiger partial charge < -0.3 is 15.0 Å². The summed E-state index contributed by atoms with van der Waals surface area (Å²) in [4.78, 5) is 21.4. The average molecular weight is 431 g/mol. The number of aromatic nitrogens is 3. The summed E-state index contributed by atoms with van der Waals surface area (Å²) in [6, 6.07) is 7.73. The first kappa shape index (κ1) is 21.0. The molecule has 9 heteroatoms. The number of halogens is 1. The lowest BCUT2D eigenvalue weighted by Crippen LogP contribution is -2.52. The lowest BCUT2D eigenvalue weighted by Gasteiger charge is -2.35. The molecule has 0 aliphatic carbocycles. The lowest BCUT2D eigenvalue weighted by atomic mass is 9.98. The van der Waals surface area contributed by atoms with E-state index >= 15 is 0 Å². The quantitative estimate of drug-likeness (QED) is 0.775. The highest BCUT2D eigenvalue weighted by Crippen LogP contribution is 2.21. The molecule has 2 aliphatic heterocycles. The molecule has 30 heavy (non-hydrogen) atoms. The van der Waals surface area contributed by atoms with Gasteiger partial charge in [0.05, 0.1) is 25.0 Å². The maximum Gasteiger partial charge on any atom is 0.245 e. The van der Waals surface area contributed by atoms with Crippen molar-refractivity contribution in [1.82, 2.24) is 25.4 Å². The fourth-order valence-corrected chi connectivity index (χ4v) is 3.97. The molecular weight excluding hydrogens is 404 g/mol. The van der Waals surface area contributed by atoms with Crippen molar-refractivity contribution in [3.63, 3.8) is 0 Å². The van der Waals surface area contributed by atoms with Crippen molar-refractivity contribution in [2.75, 3.05) is 50.8 Å². The van der Waals surface area contributed by atoms with Gasteiger partial charge in [-0.15, -0.1) is 5.10 Å². The largest absolute Gasteiger partial charge is 0.381 e. The molecule has 2 saturated heterocycles. The predicted octanol–water partition coefficient (Wildman–Crippen LogP) is 1.86. The first-order valence-electron chi connectivity index (χ1n) is 10.4. The van der Waals surface area contributed by atoms with Gasteiger partial charge in [-0.3, -0.25) is 9.69 Å². The second-order valence-corrected chi connectivity index (χ2v) is 8.36. The van der Waals surface area contributed by atoms with Crippen molar-refractivity contribution in [3.8, 4) is 11.3 Å². The van der Waals surface area contributed by atoms with E-state index in [1.807, 2.05) is 24.3 Å². The lowest BCUT2D eigenvalue weighted by molar-refractivity contribution is -0.124. The van der Waals surface area contributed by atoms with Crippen LogP contribution in [0.2, 0.25) is 5.02 Å². The van der Waals surface area contributed by atoms with Crippen LogP contribution in [-0.2, 0) is 9.53 Å². The summed E-state index contributed by atoms with van der Waals surface area (Å²) in [6.07, 6.45) is 2.54. The van der Waals surface area contributed by atoms with E-state index in [9.17, 15) is 4.79 Å². The van der Waals surface area contributed by atoms with Gasteiger partial charge in [0.25, 0.3) is 0 Å². The van der Waals surface area contributed by atoms with E-state index in [1.54, 1.807) is 6.20 Å². The standard InChI is InChI=1S/C21H27ClN6O2/c1-15-14-30-11-6-18(15)24-20(29)13-27-7-9-28(10-8-27)21-25-19(12-23-26-21)16-2-4-17(22)5-3-16/h2-5,12,15,18H,6-11,13-14H2,1H3,(H,24,29)/t15-,18?/m0/s1. The summed E-state index contributed by atoms with van der Waals surface area (Å²) in [6.45, 7) is 7.05. The van der Waals surface area contributed by atoms with Crippen molar-refractivity contribution in [1.29, 1.82) is 0 Å². The number of carbonyl (C=O) groups is 1. The number of hydrogen-bond donors (Lipinski definition) is 1. The molecular formula is C21H27ClN6O2. The number of piperazine rings is 1. The Hall–Kier alpha value is -2.29. The third-order valence-corrected chi connectivity index (χ3v) is 5.95. The minimum absolute atomic E-state index is 0.0878. The van der Waals surface area contributed by atoms with Crippen LogP contribution in [0.15, 0.2) is 30.5 Å². The average Bonchev–Trinajstić information content (AvgIpc) is 2.76. The monoisotopic (exact) mass is 430 g/mol. The van der Waals surface area contributed by atoms with Crippen LogP contribution in [0.1, 0.15) is 13.3 Å². The molecule has 0 bridgehead atoms. The van der Waals surface area contributed by atoms with E-state index in [2.05, 4.69) is 37.2 Å². The van der Waals surface area contributed by atoms with E-state index in [4.69, 9.17) is 16.3 Å². The van der Waals surface area contributed by atoms with Crippen LogP contribution in [0.25, 0.3) is 11.3 Å². The molecule has 1 unspecified atom stereocenters. The Labute approximate surface area is 181 Å². The van der Waals surface area contributed by atoms with Crippen LogP contribution < -0.4 is 10.2 Å². The highest BCUT2D eigenvalue weighted by molar-refractivity contribution is 6.30. The van der Waals surface area contributed by atoms with E-state index in [0.717, 1.165) is 50.5 Å². The molecule has 1 aromatic heterocycles. The summed E-state index contributed by atoms with van der Waals surface area (Å²) in [5.41, 5.74) is 1.72. The second kappa shape index (κ2) is 9.68. The van der Waals surface area contributed by atoms with Gasteiger partial charge in [-0.1, -0.05) is 30.7 Å². The number of hydrogen-bond acceptors (Lipinski definition) is 7. The Morgan fingerprint density at radius 3 is 2.73 bits per heavy atom. The molecule has 1 N–H and O–H groups in total. The number of nitrogens with one attached hydrogen (secondary N) is 1. The van der Waals surface area contributed by atoms with Gasteiger partial charge in [-0.25, -0.2) is 4.98 Å². The van der Waals surface area contributed by atoms with Crippen molar-refractivity contribution < 1.29 is 9.53 Å². The number of ether oxygens (including phenoxy) is 1. The Morgan fingerprint density at radius 1 is 1.23 bits per heavy atom. The summed E-state index contributed by atoms with van der Waals surface area (Å²) in [5, 5.41) is 12.2. The molecule has 3 heterocycles. The van der Waals surface area contributed by atoms with Gasteiger partial charge in [0.2, 0.25) is 11.9 Å². The fraction of sp³-hybridized carbons (Fsp3) is 0.524. The summed E-state index contributed by atoms with van der Waals surface area (Å²) in [7, 11) is 0. The van der Waals surface area contributed by atoms with Gasteiger partial charge in [-0.05, 0) is 24.5 Å². The number of carbonyl (C=O) groups excluding carboxylic acids is 1. The minimum atomic E-state index is 0.0878. The molecule has 2 fully saturated rings. The molecule has 0 saturated carbocycles. The zero-order valence-corrected chi connectivity index (χ0v) is 17.9. The van der Waals surface area contributed by atoms with E-state index in [1.165, 1.54) is 0 Å². The van der Waals surface area contributed by atoms with E-state index < -0.39 is 0 Å². The van der Waals surface area contributed by atoms with Crippen LogP contribution in [0.4, 0.5) is 5.95 Å². The van der Waals surface area contributed by atoms with Gasteiger partial charge in [-0.2, -0.15) is 5.10 Å². The number of nitrogens with zero attached hydrogens (tertiary/aromatic N) is 5. The normalized spacial score (nSPS) is 22.7. The molecule has 0 radical (unpaired) electrons. The number of rotatable bonds is 5. The van der Waals surface area contributed by atoms with Crippen LogP contribution in [0, 0.1) is 5.92 Å². The zero-order valence-electron chi connectivity index (χ0n) is 17.1. The smallest absolute Gasteiger partial charge is 0.245 e. The second-order valence-electron chi connectivity index (χ2n) is 7.93. The molecule has 2 atom stereocenters. The summed E-state index contributed by atoms with van der Waals surface area (Å²) in [5.74, 6) is 1.06. The van der Waals surface area contributed by atoms with E-state index in [-0.39, 0.29) is 11.9 Å². The topological polar surface area (TPSA) is 83.5 Å². The van der Waals surface area contributed by atoms with Gasteiger partial charge in [0, 0.05) is 49.4 Å². The SMILES string of the molecule is C[C@H]1COCCC1NC(=O)CN1CCN(c2nncc(-c3ccc(Cl)cc3)n2)CC1. The predicted molar refractivity (Wildman–Crippen MR) is 115 cm³/mol. The molecule has 1 amide bonds. The summed E-state index contributed by atoms with van der Waals surface area (Å²) < 4.78 is 5.45. The molecule has 0 spiro atoms.